The molecule has 0 saturated carbocycles. The number of aliphatic hydroxyl groups excluding tert-OH is 1. The van der Waals surface area contributed by atoms with Crippen LogP contribution < -0.4 is 5.32 Å². The van der Waals surface area contributed by atoms with E-state index in [1.54, 1.807) is 19.0 Å². The van der Waals surface area contributed by atoms with E-state index in [1.165, 1.54) is 0 Å². The summed E-state index contributed by atoms with van der Waals surface area (Å²) >= 11 is 0. The number of amides is 1. The van der Waals surface area contributed by atoms with E-state index in [-0.39, 0.29) is 12.5 Å². The Hall–Kier alpha value is -1.39. The molecule has 1 rings (SSSR count). The lowest BCUT2D eigenvalue weighted by molar-refractivity contribution is -0.127. The lowest BCUT2D eigenvalue weighted by Gasteiger charge is -2.11. The summed E-state index contributed by atoms with van der Waals surface area (Å²) in [6.45, 7) is 1.06. The zero-order valence-electron chi connectivity index (χ0n) is 9.73. The number of hydrogen-bond donors (Lipinski definition) is 2. The van der Waals surface area contributed by atoms with Crippen LogP contribution in [0.15, 0.2) is 24.3 Å². The molecule has 0 aliphatic rings. The van der Waals surface area contributed by atoms with Gasteiger partial charge in [0.2, 0.25) is 5.91 Å². The van der Waals surface area contributed by atoms with E-state index in [1.807, 2.05) is 24.3 Å². The lowest BCUT2D eigenvalue weighted by Crippen LogP contribution is -2.32. The van der Waals surface area contributed by atoms with Gasteiger partial charge in [-0.1, -0.05) is 24.3 Å². The minimum Gasteiger partial charge on any atom is -0.392 e. The molecular weight excluding hydrogens is 204 g/mol. The van der Waals surface area contributed by atoms with Crippen LogP contribution in [-0.4, -0.2) is 36.6 Å². The van der Waals surface area contributed by atoms with Crippen molar-refractivity contribution in [2.75, 3.05) is 20.6 Å². The van der Waals surface area contributed by atoms with Crippen molar-refractivity contribution >= 4 is 5.91 Å². The third kappa shape index (κ3) is 4.00. The van der Waals surface area contributed by atoms with E-state index in [4.69, 9.17) is 5.11 Å². The fraction of sp³-hybridized carbons (Fsp3) is 0.417. The first-order valence-electron chi connectivity index (χ1n) is 5.23. The van der Waals surface area contributed by atoms with Gasteiger partial charge in [-0.25, -0.2) is 0 Å². The average Bonchev–Trinajstić information content (AvgIpc) is 2.29. The molecule has 0 bridgehead atoms. The summed E-state index contributed by atoms with van der Waals surface area (Å²) in [5.74, 6) is 0.0620. The van der Waals surface area contributed by atoms with E-state index >= 15 is 0 Å². The van der Waals surface area contributed by atoms with Crippen LogP contribution in [0.1, 0.15) is 11.1 Å². The van der Waals surface area contributed by atoms with Crippen molar-refractivity contribution in [2.24, 2.45) is 0 Å². The van der Waals surface area contributed by atoms with Crippen molar-refractivity contribution in [3.63, 3.8) is 0 Å². The maximum Gasteiger partial charge on any atom is 0.236 e. The second-order valence-corrected chi connectivity index (χ2v) is 3.87. The molecule has 2 N–H and O–H groups in total. The minimum absolute atomic E-state index is 0.0620. The SMILES string of the molecule is CN(C)C(=O)CNCc1ccc(CO)cc1. The molecule has 4 heteroatoms. The van der Waals surface area contributed by atoms with E-state index in [0.717, 1.165) is 11.1 Å². The molecule has 0 unspecified atom stereocenters. The van der Waals surface area contributed by atoms with Gasteiger partial charge in [-0.15, -0.1) is 0 Å². The maximum atomic E-state index is 11.3. The quantitative estimate of drug-likeness (QED) is 0.756. The van der Waals surface area contributed by atoms with Gasteiger partial charge in [0.05, 0.1) is 13.2 Å². The standard InChI is InChI=1S/C12H18N2O2/c1-14(2)12(16)8-13-7-10-3-5-11(9-15)6-4-10/h3-6,13,15H,7-9H2,1-2H3. The van der Waals surface area contributed by atoms with E-state index in [9.17, 15) is 4.79 Å². The molecule has 88 valence electrons. The predicted molar refractivity (Wildman–Crippen MR) is 62.8 cm³/mol. The molecule has 1 amide bonds. The highest BCUT2D eigenvalue weighted by Gasteiger charge is 2.02. The number of nitrogens with zero attached hydrogens (tertiary/aromatic N) is 1. The van der Waals surface area contributed by atoms with Crippen molar-refractivity contribution in [3.05, 3.63) is 35.4 Å². The fourth-order valence-corrected chi connectivity index (χ4v) is 1.23. The van der Waals surface area contributed by atoms with Crippen LogP contribution in [0.3, 0.4) is 0 Å². The van der Waals surface area contributed by atoms with Crippen LogP contribution in [0.5, 0.6) is 0 Å². The Morgan fingerprint density at radius 1 is 1.25 bits per heavy atom. The normalized spacial score (nSPS) is 10.2. The Labute approximate surface area is 95.9 Å². The van der Waals surface area contributed by atoms with Crippen molar-refractivity contribution in [1.82, 2.24) is 10.2 Å². The van der Waals surface area contributed by atoms with Gasteiger partial charge in [0.25, 0.3) is 0 Å². The largest absolute Gasteiger partial charge is 0.392 e. The summed E-state index contributed by atoms with van der Waals surface area (Å²) in [4.78, 5) is 12.8. The summed E-state index contributed by atoms with van der Waals surface area (Å²) in [7, 11) is 3.47. The molecule has 0 heterocycles. The summed E-state index contributed by atoms with van der Waals surface area (Å²) in [5, 5.41) is 11.9. The number of rotatable bonds is 5. The third-order valence-corrected chi connectivity index (χ3v) is 2.31. The van der Waals surface area contributed by atoms with Crippen LogP contribution in [0.25, 0.3) is 0 Å². The van der Waals surface area contributed by atoms with Crippen molar-refractivity contribution in [3.8, 4) is 0 Å². The first-order valence-corrected chi connectivity index (χ1v) is 5.23. The van der Waals surface area contributed by atoms with Gasteiger partial charge in [0, 0.05) is 20.6 Å². The number of aliphatic hydroxyl groups is 1. The van der Waals surface area contributed by atoms with Crippen LogP contribution >= 0.6 is 0 Å². The molecule has 1 aromatic carbocycles. The first-order chi connectivity index (χ1) is 7.63. The third-order valence-electron chi connectivity index (χ3n) is 2.31. The summed E-state index contributed by atoms with van der Waals surface area (Å²) in [6, 6.07) is 7.65. The Bertz CT molecular complexity index is 333. The Morgan fingerprint density at radius 3 is 2.31 bits per heavy atom. The zero-order valence-corrected chi connectivity index (χ0v) is 9.73. The summed E-state index contributed by atoms with van der Waals surface area (Å²) in [5.41, 5.74) is 2.00. The average molecular weight is 222 g/mol. The molecule has 16 heavy (non-hydrogen) atoms. The molecule has 0 atom stereocenters. The van der Waals surface area contributed by atoms with Gasteiger partial charge in [-0.05, 0) is 11.1 Å². The second kappa shape index (κ2) is 6.25. The Morgan fingerprint density at radius 2 is 1.81 bits per heavy atom. The monoisotopic (exact) mass is 222 g/mol. The van der Waals surface area contributed by atoms with Crippen molar-refractivity contribution in [1.29, 1.82) is 0 Å². The number of likely N-dealkylation sites (N-methyl/N-ethyl adjacent to an activating group) is 1. The fourth-order valence-electron chi connectivity index (χ4n) is 1.23. The highest BCUT2D eigenvalue weighted by molar-refractivity contribution is 5.77. The van der Waals surface area contributed by atoms with Crippen LogP contribution in [0, 0.1) is 0 Å². The molecule has 4 nitrogen and oxygen atoms in total. The topological polar surface area (TPSA) is 52.6 Å². The van der Waals surface area contributed by atoms with Crippen LogP contribution in [0.4, 0.5) is 0 Å². The molecule has 0 radical (unpaired) electrons. The summed E-state index contributed by atoms with van der Waals surface area (Å²) in [6.07, 6.45) is 0. The zero-order chi connectivity index (χ0) is 12.0. The van der Waals surface area contributed by atoms with Gasteiger partial charge in [-0.2, -0.15) is 0 Å². The van der Waals surface area contributed by atoms with Gasteiger partial charge >= 0.3 is 0 Å². The highest BCUT2D eigenvalue weighted by Crippen LogP contribution is 2.03. The van der Waals surface area contributed by atoms with Gasteiger partial charge in [0.1, 0.15) is 0 Å². The Kier molecular flexibility index (Phi) is 4.95. The highest BCUT2D eigenvalue weighted by atomic mass is 16.3. The van der Waals surface area contributed by atoms with Gasteiger partial charge in [0.15, 0.2) is 0 Å². The minimum atomic E-state index is 0.0620. The van der Waals surface area contributed by atoms with Gasteiger partial charge < -0.3 is 15.3 Å². The first kappa shape index (κ1) is 12.7. The van der Waals surface area contributed by atoms with Crippen molar-refractivity contribution in [2.45, 2.75) is 13.2 Å². The number of carbonyl (C=O) groups excluding carboxylic acids is 1. The van der Waals surface area contributed by atoms with E-state index in [0.29, 0.717) is 13.1 Å². The molecule has 0 aliphatic carbocycles. The predicted octanol–water partition coefficient (Wildman–Crippen LogP) is 0.357. The van der Waals surface area contributed by atoms with Crippen LogP contribution in [-0.2, 0) is 17.9 Å². The maximum absolute atomic E-state index is 11.3. The number of benzene rings is 1. The molecule has 0 aromatic heterocycles. The molecular formula is C12H18N2O2. The summed E-state index contributed by atoms with van der Waals surface area (Å²) < 4.78 is 0. The molecule has 0 fully saturated rings. The van der Waals surface area contributed by atoms with Crippen LogP contribution in [0.2, 0.25) is 0 Å². The lowest BCUT2D eigenvalue weighted by atomic mass is 10.1. The Balaban J connectivity index is 2.34. The molecule has 0 aliphatic heterocycles. The number of carbonyl (C=O) groups is 1. The smallest absolute Gasteiger partial charge is 0.236 e. The molecule has 0 saturated heterocycles. The van der Waals surface area contributed by atoms with E-state index < -0.39 is 0 Å². The number of hydrogen-bond acceptors (Lipinski definition) is 3. The van der Waals surface area contributed by atoms with Gasteiger partial charge in [-0.3, -0.25) is 4.79 Å². The van der Waals surface area contributed by atoms with E-state index in [2.05, 4.69) is 5.32 Å². The molecule has 0 spiro atoms. The second-order valence-electron chi connectivity index (χ2n) is 3.87. The van der Waals surface area contributed by atoms with Crippen molar-refractivity contribution < 1.29 is 9.90 Å². The molecule has 1 aromatic rings. The number of nitrogens with one attached hydrogen (secondary N) is 1.